The van der Waals surface area contributed by atoms with Crippen molar-refractivity contribution in [2.75, 3.05) is 49.6 Å². The van der Waals surface area contributed by atoms with Crippen molar-refractivity contribution in [2.45, 2.75) is 32.3 Å². The van der Waals surface area contributed by atoms with Crippen LogP contribution in [0.15, 0.2) is 24.4 Å². The summed E-state index contributed by atoms with van der Waals surface area (Å²) >= 11 is 0. The number of fused-ring (bicyclic) bond motifs is 2. The second kappa shape index (κ2) is 7.60. The van der Waals surface area contributed by atoms with Gasteiger partial charge in [-0.15, -0.1) is 0 Å². The third-order valence-electron chi connectivity index (χ3n) is 6.10. The fourth-order valence-electron chi connectivity index (χ4n) is 4.58. The smallest absolute Gasteiger partial charge is 0.146 e. The maximum absolute atomic E-state index is 6.31. The van der Waals surface area contributed by atoms with Gasteiger partial charge in [-0.2, -0.15) is 0 Å². The number of pyridine rings is 1. The summed E-state index contributed by atoms with van der Waals surface area (Å²) in [7, 11) is 0. The molecule has 0 radical (unpaired) electrons. The van der Waals surface area contributed by atoms with Gasteiger partial charge in [0.25, 0.3) is 0 Å². The monoisotopic (exact) mass is 380 g/mol. The highest BCUT2D eigenvalue weighted by Gasteiger charge is 2.24. The zero-order valence-electron chi connectivity index (χ0n) is 16.5. The number of nitrogens with one attached hydrogen (secondary N) is 2. The Bertz CT molecular complexity index is 858. The van der Waals surface area contributed by atoms with Crippen molar-refractivity contribution in [3.8, 4) is 5.75 Å². The highest BCUT2D eigenvalue weighted by Crippen LogP contribution is 2.41. The van der Waals surface area contributed by atoms with E-state index in [1.807, 2.05) is 6.20 Å². The number of benzene rings is 1. The molecule has 0 amide bonds. The first-order chi connectivity index (χ1) is 13.8. The van der Waals surface area contributed by atoms with Crippen molar-refractivity contribution in [3.05, 3.63) is 41.1 Å². The Hall–Kier alpha value is -2.31. The van der Waals surface area contributed by atoms with Gasteiger partial charge in [-0.1, -0.05) is 6.07 Å². The molecule has 6 heteroatoms. The van der Waals surface area contributed by atoms with Crippen LogP contribution in [0.4, 0.5) is 17.2 Å². The van der Waals surface area contributed by atoms with Crippen LogP contribution < -0.4 is 20.3 Å². The molecule has 0 atom stereocenters. The van der Waals surface area contributed by atoms with E-state index in [0.717, 1.165) is 62.2 Å². The van der Waals surface area contributed by atoms with Crippen molar-refractivity contribution in [1.82, 2.24) is 10.3 Å². The Kier molecular flexibility index (Phi) is 4.82. The molecule has 2 aromatic rings. The van der Waals surface area contributed by atoms with Gasteiger partial charge in [0, 0.05) is 25.0 Å². The standard InChI is InChI=1S/C22H28N4O2/c1-15-12-17(16-2-5-23-6-3-16)13-19-21(15)28-14-18-20(4-7-24-22(18)25-19)26-8-10-27-11-9-26/h4,7,12-13,16,23H,2-3,5-6,8-11,14H2,1H3,(H,24,25). The predicted octanol–water partition coefficient (Wildman–Crippen LogP) is 3.33. The Balaban J connectivity index is 1.49. The molecule has 0 bridgehead atoms. The van der Waals surface area contributed by atoms with E-state index in [1.165, 1.54) is 29.7 Å². The van der Waals surface area contributed by atoms with E-state index in [0.29, 0.717) is 12.5 Å². The number of rotatable bonds is 2. The van der Waals surface area contributed by atoms with Crippen molar-refractivity contribution in [1.29, 1.82) is 0 Å². The molecule has 0 spiro atoms. The molecule has 0 saturated carbocycles. The Morgan fingerprint density at radius 3 is 2.79 bits per heavy atom. The minimum Gasteiger partial charge on any atom is -0.486 e. The molecule has 0 unspecified atom stereocenters. The molecule has 0 aliphatic carbocycles. The molecule has 6 nitrogen and oxygen atoms in total. The predicted molar refractivity (Wildman–Crippen MR) is 111 cm³/mol. The molecule has 1 aromatic carbocycles. The zero-order chi connectivity index (χ0) is 18.9. The fraction of sp³-hybridized carbons (Fsp3) is 0.500. The van der Waals surface area contributed by atoms with Crippen molar-refractivity contribution in [2.24, 2.45) is 0 Å². The third-order valence-corrected chi connectivity index (χ3v) is 6.10. The van der Waals surface area contributed by atoms with Gasteiger partial charge in [0.05, 0.1) is 24.5 Å². The number of anilines is 3. The second-order valence-corrected chi connectivity index (χ2v) is 7.91. The largest absolute Gasteiger partial charge is 0.486 e. The fourth-order valence-corrected chi connectivity index (χ4v) is 4.58. The van der Waals surface area contributed by atoms with Crippen LogP contribution in [-0.2, 0) is 11.3 Å². The Labute approximate surface area is 166 Å². The van der Waals surface area contributed by atoms with E-state index in [-0.39, 0.29) is 0 Å². The van der Waals surface area contributed by atoms with E-state index < -0.39 is 0 Å². The van der Waals surface area contributed by atoms with Crippen molar-refractivity contribution in [3.63, 3.8) is 0 Å². The minimum atomic E-state index is 0.531. The van der Waals surface area contributed by atoms with E-state index in [1.54, 1.807) is 0 Å². The summed E-state index contributed by atoms with van der Waals surface area (Å²) < 4.78 is 11.8. The molecule has 4 heterocycles. The number of hydrogen-bond acceptors (Lipinski definition) is 6. The number of morpholine rings is 1. The summed E-state index contributed by atoms with van der Waals surface area (Å²) in [5.74, 6) is 2.47. The van der Waals surface area contributed by atoms with Gasteiger partial charge in [-0.05, 0) is 62.0 Å². The van der Waals surface area contributed by atoms with Crippen molar-refractivity contribution >= 4 is 17.2 Å². The van der Waals surface area contributed by atoms with Gasteiger partial charge in [-0.25, -0.2) is 4.98 Å². The first-order valence-corrected chi connectivity index (χ1v) is 10.4. The van der Waals surface area contributed by atoms with Crippen LogP contribution in [0.1, 0.15) is 35.4 Å². The average molecular weight is 380 g/mol. The minimum absolute atomic E-state index is 0.531. The van der Waals surface area contributed by atoms with Gasteiger partial charge in [0.2, 0.25) is 0 Å². The number of piperidine rings is 1. The molecule has 5 rings (SSSR count). The summed E-state index contributed by atoms with van der Waals surface area (Å²) in [6.45, 7) is 8.22. The van der Waals surface area contributed by atoms with Gasteiger partial charge in [-0.3, -0.25) is 0 Å². The topological polar surface area (TPSA) is 58.7 Å². The molecular formula is C22H28N4O2. The highest BCUT2D eigenvalue weighted by molar-refractivity contribution is 5.74. The summed E-state index contributed by atoms with van der Waals surface area (Å²) in [5.41, 5.74) is 5.97. The maximum Gasteiger partial charge on any atom is 0.146 e. The molecule has 3 aliphatic rings. The summed E-state index contributed by atoms with van der Waals surface area (Å²) in [4.78, 5) is 7.02. The molecule has 2 N–H and O–H groups in total. The number of nitrogens with zero attached hydrogens (tertiary/aromatic N) is 2. The maximum atomic E-state index is 6.31. The number of aryl methyl sites for hydroxylation is 1. The number of ether oxygens (including phenoxy) is 2. The normalized spacial score (nSPS) is 19.8. The molecule has 148 valence electrons. The first-order valence-electron chi connectivity index (χ1n) is 10.4. The SMILES string of the molecule is Cc1cc(C2CCNCC2)cc2c1OCc1c(N3CCOCC3)ccnc1N2. The highest BCUT2D eigenvalue weighted by atomic mass is 16.5. The van der Waals surface area contributed by atoms with E-state index in [9.17, 15) is 0 Å². The lowest BCUT2D eigenvalue weighted by molar-refractivity contribution is 0.122. The van der Waals surface area contributed by atoms with Gasteiger partial charge < -0.3 is 25.0 Å². The summed E-state index contributed by atoms with van der Waals surface area (Å²) in [5, 5.41) is 7.05. The molecular weight excluding hydrogens is 352 g/mol. The lowest BCUT2D eigenvalue weighted by Gasteiger charge is -2.30. The van der Waals surface area contributed by atoms with Crippen LogP contribution >= 0.6 is 0 Å². The molecule has 1 aromatic heterocycles. The Morgan fingerprint density at radius 2 is 1.96 bits per heavy atom. The van der Waals surface area contributed by atoms with Crippen molar-refractivity contribution < 1.29 is 9.47 Å². The average Bonchev–Trinajstić information content (AvgIpc) is 2.94. The first kappa shape index (κ1) is 17.8. The van der Waals surface area contributed by atoms with Gasteiger partial charge in [0.1, 0.15) is 18.2 Å². The van der Waals surface area contributed by atoms with Crippen LogP contribution in [0.2, 0.25) is 0 Å². The second-order valence-electron chi connectivity index (χ2n) is 7.91. The van der Waals surface area contributed by atoms with Gasteiger partial charge >= 0.3 is 0 Å². The third kappa shape index (κ3) is 3.31. The van der Waals surface area contributed by atoms with Crippen LogP contribution in [0, 0.1) is 6.92 Å². The number of hydrogen-bond donors (Lipinski definition) is 2. The van der Waals surface area contributed by atoms with Gasteiger partial charge in [0.15, 0.2) is 0 Å². The summed E-state index contributed by atoms with van der Waals surface area (Å²) in [6, 6.07) is 6.68. The lowest BCUT2D eigenvalue weighted by atomic mass is 9.89. The quantitative estimate of drug-likeness (QED) is 0.834. The summed E-state index contributed by atoms with van der Waals surface area (Å²) in [6.07, 6.45) is 4.27. The zero-order valence-corrected chi connectivity index (χ0v) is 16.5. The van der Waals surface area contributed by atoms with Crippen LogP contribution in [0.5, 0.6) is 5.75 Å². The Morgan fingerprint density at radius 1 is 1.14 bits per heavy atom. The van der Waals surface area contributed by atoms with E-state index in [4.69, 9.17) is 9.47 Å². The van der Waals surface area contributed by atoms with E-state index >= 15 is 0 Å². The molecule has 3 aliphatic heterocycles. The van der Waals surface area contributed by atoms with Crippen LogP contribution in [0.3, 0.4) is 0 Å². The number of aromatic nitrogens is 1. The molecule has 2 fully saturated rings. The lowest BCUT2D eigenvalue weighted by Crippen LogP contribution is -2.37. The van der Waals surface area contributed by atoms with Crippen LogP contribution in [-0.4, -0.2) is 44.4 Å². The molecule has 28 heavy (non-hydrogen) atoms. The van der Waals surface area contributed by atoms with Crippen LogP contribution in [0.25, 0.3) is 0 Å². The van der Waals surface area contributed by atoms with E-state index in [2.05, 4.69) is 45.6 Å². The molecule has 2 saturated heterocycles.